The first-order valence-electron chi connectivity index (χ1n) is 8.32. The molecular formula is C16H25N3O5S2. The van der Waals surface area contributed by atoms with Crippen LogP contribution in [0.2, 0.25) is 0 Å². The molecular weight excluding hydrogens is 378 g/mol. The minimum absolute atomic E-state index is 0.0786. The summed E-state index contributed by atoms with van der Waals surface area (Å²) in [5.74, 6) is -0.0452. The van der Waals surface area contributed by atoms with Crippen LogP contribution in [-0.2, 0) is 20.2 Å². The summed E-state index contributed by atoms with van der Waals surface area (Å²) >= 11 is 0. The number of Topliss-reactive ketones (excluding diaryl/α,β-unsaturated/α-hetero) is 1. The molecule has 8 nitrogen and oxygen atoms in total. The minimum Gasteiger partial charge on any atom is -0.295 e. The largest absolute Gasteiger partial charge is 0.295 e. The Morgan fingerprint density at radius 3 is 2.12 bits per heavy atom. The third-order valence-corrected chi connectivity index (χ3v) is 7.87. The van der Waals surface area contributed by atoms with Gasteiger partial charge in [0, 0.05) is 39.3 Å². The van der Waals surface area contributed by atoms with Gasteiger partial charge in [-0.05, 0) is 37.8 Å². The van der Waals surface area contributed by atoms with Crippen LogP contribution in [-0.4, -0.2) is 65.0 Å². The molecule has 1 N–H and O–H groups in total. The predicted molar refractivity (Wildman–Crippen MR) is 98.5 cm³/mol. The highest BCUT2D eigenvalue weighted by atomic mass is 32.2. The van der Waals surface area contributed by atoms with E-state index < -0.39 is 20.2 Å². The lowest BCUT2D eigenvalue weighted by molar-refractivity contribution is 0.101. The molecule has 1 aromatic carbocycles. The van der Waals surface area contributed by atoms with Crippen molar-refractivity contribution in [3.8, 4) is 0 Å². The lowest BCUT2D eigenvalue weighted by atomic mass is 9.99. The molecule has 10 heteroatoms. The first-order valence-corrected chi connectivity index (χ1v) is 11.2. The van der Waals surface area contributed by atoms with Gasteiger partial charge in [0.25, 0.3) is 10.2 Å². The van der Waals surface area contributed by atoms with Crippen LogP contribution in [0, 0.1) is 5.92 Å². The molecule has 1 aromatic rings. The minimum atomic E-state index is -3.66. The number of nitrogens with zero attached hydrogens (tertiary/aromatic N) is 2. The van der Waals surface area contributed by atoms with Gasteiger partial charge in [0.1, 0.15) is 0 Å². The molecule has 0 amide bonds. The molecule has 26 heavy (non-hydrogen) atoms. The number of carbonyl (C=O) groups is 1. The Kier molecular flexibility index (Phi) is 6.56. The summed E-state index contributed by atoms with van der Waals surface area (Å²) in [4.78, 5) is 11.4. The monoisotopic (exact) mass is 403 g/mol. The zero-order valence-electron chi connectivity index (χ0n) is 15.2. The first kappa shape index (κ1) is 21.0. The molecule has 1 heterocycles. The van der Waals surface area contributed by atoms with Gasteiger partial charge in [-0.2, -0.15) is 17.0 Å². The summed E-state index contributed by atoms with van der Waals surface area (Å²) in [6.07, 6.45) is 1.19. The molecule has 0 unspecified atom stereocenters. The van der Waals surface area contributed by atoms with Crippen LogP contribution in [0.5, 0.6) is 0 Å². The third-order valence-electron chi connectivity index (χ3n) is 4.49. The molecule has 0 saturated carbocycles. The van der Waals surface area contributed by atoms with Crippen LogP contribution in [0.3, 0.4) is 0 Å². The van der Waals surface area contributed by atoms with Crippen molar-refractivity contribution in [2.24, 2.45) is 5.92 Å². The summed E-state index contributed by atoms with van der Waals surface area (Å²) in [5.41, 5.74) is 0.457. The molecule has 1 aliphatic heterocycles. The number of hydrogen-bond donors (Lipinski definition) is 1. The van der Waals surface area contributed by atoms with E-state index >= 15 is 0 Å². The molecule has 0 spiro atoms. The van der Waals surface area contributed by atoms with Gasteiger partial charge in [-0.1, -0.05) is 12.1 Å². The SMILES string of the molecule is CC(=O)c1ccc(S(=O)(=O)NCC2CCN(S(=O)(=O)N(C)C)CC2)cc1. The van der Waals surface area contributed by atoms with Gasteiger partial charge in [-0.25, -0.2) is 13.1 Å². The van der Waals surface area contributed by atoms with Crippen molar-refractivity contribution in [3.63, 3.8) is 0 Å². The Labute approximate surface area is 155 Å². The van der Waals surface area contributed by atoms with E-state index in [-0.39, 0.29) is 23.1 Å². The molecule has 0 aromatic heterocycles. The van der Waals surface area contributed by atoms with Crippen LogP contribution in [0.15, 0.2) is 29.2 Å². The zero-order valence-corrected chi connectivity index (χ0v) is 16.8. The second-order valence-electron chi connectivity index (χ2n) is 6.57. The summed E-state index contributed by atoms with van der Waals surface area (Å²) in [5, 5.41) is 0. The number of sulfonamides is 1. The summed E-state index contributed by atoms with van der Waals surface area (Å²) in [7, 11) is -4.09. The van der Waals surface area contributed by atoms with Gasteiger partial charge in [-0.15, -0.1) is 0 Å². The van der Waals surface area contributed by atoms with Crippen molar-refractivity contribution in [1.82, 2.24) is 13.3 Å². The summed E-state index contributed by atoms with van der Waals surface area (Å²) < 4.78 is 54.1. The normalized spacial score (nSPS) is 17.5. The van der Waals surface area contributed by atoms with Gasteiger partial charge in [0.2, 0.25) is 10.0 Å². The number of rotatable bonds is 7. The fourth-order valence-electron chi connectivity index (χ4n) is 2.75. The van der Waals surface area contributed by atoms with Crippen molar-refractivity contribution >= 4 is 26.0 Å². The number of benzene rings is 1. The molecule has 0 aliphatic carbocycles. The first-order chi connectivity index (χ1) is 12.0. The maximum Gasteiger partial charge on any atom is 0.281 e. The maximum atomic E-state index is 12.4. The van der Waals surface area contributed by atoms with Crippen molar-refractivity contribution in [1.29, 1.82) is 0 Å². The summed E-state index contributed by atoms with van der Waals surface area (Å²) in [6.45, 7) is 2.43. The van der Waals surface area contributed by atoms with E-state index in [9.17, 15) is 21.6 Å². The number of ketones is 1. The van der Waals surface area contributed by atoms with E-state index in [1.165, 1.54) is 53.9 Å². The number of nitrogens with one attached hydrogen (secondary N) is 1. The maximum absolute atomic E-state index is 12.4. The number of piperidine rings is 1. The van der Waals surface area contributed by atoms with Gasteiger partial charge in [-0.3, -0.25) is 4.79 Å². The average Bonchev–Trinajstić information content (AvgIpc) is 2.60. The topological polar surface area (TPSA) is 104 Å². The molecule has 0 radical (unpaired) electrons. The van der Waals surface area contributed by atoms with Crippen molar-refractivity contribution < 1.29 is 21.6 Å². The van der Waals surface area contributed by atoms with E-state index in [0.29, 0.717) is 31.5 Å². The van der Waals surface area contributed by atoms with Gasteiger partial charge < -0.3 is 0 Å². The fraction of sp³-hybridized carbons (Fsp3) is 0.562. The standard InChI is InChI=1S/C16H25N3O5S2/c1-13(20)15-4-6-16(7-5-15)25(21,22)17-12-14-8-10-19(11-9-14)26(23,24)18(2)3/h4-7,14,17H,8-12H2,1-3H3. The lowest BCUT2D eigenvalue weighted by Gasteiger charge is -2.32. The van der Waals surface area contributed by atoms with Crippen molar-refractivity contribution in [2.75, 3.05) is 33.7 Å². The molecule has 2 rings (SSSR count). The van der Waals surface area contributed by atoms with E-state index in [1.54, 1.807) is 0 Å². The molecule has 0 atom stereocenters. The van der Waals surface area contributed by atoms with Crippen LogP contribution in [0.4, 0.5) is 0 Å². The van der Waals surface area contributed by atoms with Crippen LogP contribution in [0.1, 0.15) is 30.1 Å². The van der Waals surface area contributed by atoms with Crippen molar-refractivity contribution in [2.45, 2.75) is 24.7 Å². The fourth-order valence-corrected chi connectivity index (χ4v) is 5.01. The highest BCUT2D eigenvalue weighted by Crippen LogP contribution is 2.20. The van der Waals surface area contributed by atoms with Crippen LogP contribution < -0.4 is 4.72 Å². The zero-order chi connectivity index (χ0) is 19.5. The highest BCUT2D eigenvalue weighted by Gasteiger charge is 2.30. The average molecular weight is 404 g/mol. The lowest BCUT2D eigenvalue weighted by Crippen LogP contribution is -2.45. The van der Waals surface area contributed by atoms with Crippen LogP contribution >= 0.6 is 0 Å². The Morgan fingerprint density at radius 2 is 1.65 bits per heavy atom. The molecule has 0 bridgehead atoms. The molecule has 1 saturated heterocycles. The Morgan fingerprint density at radius 1 is 1.12 bits per heavy atom. The number of hydrogen-bond acceptors (Lipinski definition) is 5. The summed E-state index contributed by atoms with van der Waals surface area (Å²) in [6, 6.07) is 5.79. The van der Waals surface area contributed by atoms with E-state index in [4.69, 9.17) is 0 Å². The molecule has 1 fully saturated rings. The quantitative estimate of drug-likeness (QED) is 0.675. The molecule has 1 aliphatic rings. The molecule has 146 valence electrons. The predicted octanol–water partition coefficient (Wildman–Crippen LogP) is 0.686. The van der Waals surface area contributed by atoms with Gasteiger partial charge in [0.15, 0.2) is 5.78 Å². The van der Waals surface area contributed by atoms with E-state index in [1.807, 2.05) is 0 Å². The third kappa shape index (κ3) is 4.89. The highest BCUT2D eigenvalue weighted by molar-refractivity contribution is 7.89. The van der Waals surface area contributed by atoms with E-state index in [0.717, 1.165) is 0 Å². The van der Waals surface area contributed by atoms with Crippen LogP contribution in [0.25, 0.3) is 0 Å². The number of carbonyl (C=O) groups excluding carboxylic acids is 1. The Balaban J connectivity index is 1.92. The Hall–Kier alpha value is -1.33. The second kappa shape index (κ2) is 8.13. The smallest absolute Gasteiger partial charge is 0.281 e. The van der Waals surface area contributed by atoms with Crippen molar-refractivity contribution in [3.05, 3.63) is 29.8 Å². The van der Waals surface area contributed by atoms with Gasteiger partial charge >= 0.3 is 0 Å². The van der Waals surface area contributed by atoms with Gasteiger partial charge in [0.05, 0.1) is 4.90 Å². The second-order valence-corrected chi connectivity index (χ2v) is 10.5. The Bertz CT molecular complexity index is 840. The van der Waals surface area contributed by atoms with E-state index in [2.05, 4.69) is 4.72 Å².